The van der Waals surface area contributed by atoms with Crippen LogP contribution in [0.2, 0.25) is 0 Å². The molecule has 0 unspecified atom stereocenters. The normalized spacial score (nSPS) is 14.9. The molecule has 18 rings (SSSR count). The van der Waals surface area contributed by atoms with E-state index in [-0.39, 0.29) is 0 Å². The molecule has 0 amide bonds. The average molecular weight is 945 g/mol. The summed E-state index contributed by atoms with van der Waals surface area (Å²) in [6, 6.07) is 73.5. The lowest BCUT2D eigenvalue weighted by Crippen LogP contribution is -2.38. The molecule has 0 fully saturated rings. The molecule has 4 nitrogen and oxygen atoms in total. The Balaban J connectivity index is 1.15. The van der Waals surface area contributed by atoms with Crippen molar-refractivity contribution in [3.8, 4) is 34.4 Å². The van der Waals surface area contributed by atoms with Crippen LogP contribution < -0.4 is 9.47 Å². The largest absolute Gasteiger partial charge is 0.457 e. The third kappa shape index (κ3) is 4.29. The summed E-state index contributed by atoms with van der Waals surface area (Å²) >= 11 is 0. The van der Waals surface area contributed by atoms with Crippen LogP contribution in [0.25, 0.3) is 87.3 Å². The molecule has 74 heavy (non-hydrogen) atoms. The number of hydrogen-bond acceptors (Lipinski definition) is 2. The van der Waals surface area contributed by atoms with Crippen molar-refractivity contribution < 1.29 is 9.47 Å². The minimum Gasteiger partial charge on any atom is -0.457 e. The number of nitrogens with zero attached hydrogens (tertiary/aromatic N) is 2. The summed E-state index contributed by atoms with van der Waals surface area (Å²) in [5, 5.41) is 12.8. The van der Waals surface area contributed by atoms with Crippen LogP contribution in [0.1, 0.15) is 66.8 Å². The fourth-order valence-electron chi connectivity index (χ4n) is 15.6. The maximum absolute atomic E-state index is 6.93. The summed E-state index contributed by atoms with van der Waals surface area (Å²) in [5.74, 6) is 3.56. The molecule has 4 aliphatic heterocycles. The molecule has 6 heterocycles. The third-order valence-corrected chi connectivity index (χ3v) is 17.9. The number of fused-ring (bicyclic) bond motifs is 22. The minimum atomic E-state index is -0.704. The van der Waals surface area contributed by atoms with Crippen LogP contribution in [0.5, 0.6) is 23.0 Å². The molecule has 0 N–H and O–H groups in total. The second-order valence-electron chi connectivity index (χ2n) is 21.7. The van der Waals surface area contributed by atoms with Gasteiger partial charge >= 0.3 is 0 Å². The van der Waals surface area contributed by atoms with E-state index in [4.69, 9.17) is 9.47 Å². The van der Waals surface area contributed by atoms with Gasteiger partial charge in [0, 0.05) is 54.6 Å². The molecule has 0 saturated heterocycles. The summed E-state index contributed by atoms with van der Waals surface area (Å²) in [5.41, 5.74) is 20.7. The van der Waals surface area contributed by atoms with Crippen molar-refractivity contribution in [2.45, 2.75) is 38.5 Å². The summed E-state index contributed by atoms with van der Waals surface area (Å²) < 4.78 is 19.2. The van der Waals surface area contributed by atoms with Gasteiger partial charge in [0.25, 0.3) is 0 Å². The molecule has 4 heteroatoms. The van der Waals surface area contributed by atoms with Gasteiger partial charge in [-0.15, -0.1) is 0 Å². The summed E-state index contributed by atoms with van der Waals surface area (Å²) in [4.78, 5) is 0. The Morgan fingerprint density at radius 2 is 0.635 bits per heavy atom. The molecular weight excluding hydrogens is 901 g/mol. The zero-order valence-electron chi connectivity index (χ0n) is 41.2. The predicted molar refractivity (Wildman–Crippen MR) is 302 cm³/mol. The van der Waals surface area contributed by atoms with Gasteiger partial charge in [-0.1, -0.05) is 132 Å². The van der Waals surface area contributed by atoms with E-state index in [0.29, 0.717) is 0 Å². The topological polar surface area (TPSA) is 28.3 Å². The van der Waals surface area contributed by atoms with Crippen molar-refractivity contribution in [2.75, 3.05) is 0 Å². The van der Waals surface area contributed by atoms with Gasteiger partial charge in [-0.2, -0.15) is 0 Å². The smallest absolute Gasteiger partial charge is 0.132 e. The standard InChI is InChI=1S/C70H44N2O2/c1-37-29-39(3)65-45(31-37)43-33-41-35-54-68-64-44(46-32-38(2)30-40(4)66(46)72(68)56-24-12-6-18-48(56)70(54)51-21-9-15-27-59(51)74-60-28-16-10-22-52(60)70)34-42-36-53-67(63(43)61(42)62(41)64)71(65)55-23-11-5-17-47(55)69(53)49-19-7-13-25-57(49)73-58-26-14-8-20-50(58)69/h5-36H,1-4H3. The molecule has 12 aromatic carbocycles. The van der Waals surface area contributed by atoms with Crippen LogP contribution >= 0.6 is 0 Å². The number of pyridine rings is 2. The highest BCUT2D eigenvalue weighted by Crippen LogP contribution is 2.65. The van der Waals surface area contributed by atoms with Gasteiger partial charge in [0.1, 0.15) is 23.0 Å². The van der Waals surface area contributed by atoms with Crippen molar-refractivity contribution in [1.29, 1.82) is 0 Å². The van der Waals surface area contributed by atoms with Crippen LogP contribution in [0.3, 0.4) is 0 Å². The molecule has 0 bridgehead atoms. The number of rotatable bonds is 0. The van der Waals surface area contributed by atoms with Gasteiger partial charge < -0.3 is 18.6 Å². The van der Waals surface area contributed by atoms with Crippen molar-refractivity contribution >= 4 is 75.9 Å². The Labute approximate surface area is 426 Å². The Morgan fingerprint density at radius 1 is 0.297 bits per heavy atom. The first kappa shape index (κ1) is 39.5. The van der Waals surface area contributed by atoms with Crippen LogP contribution in [-0.4, -0.2) is 9.13 Å². The zero-order valence-corrected chi connectivity index (χ0v) is 41.2. The number of aromatic nitrogens is 2. The predicted octanol–water partition coefficient (Wildman–Crippen LogP) is 17.6. The average Bonchev–Trinajstić information content (AvgIpc) is 3.48. The van der Waals surface area contributed by atoms with Crippen LogP contribution in [-0.2, 0) is 10.8 Å². The quantitative estimate of drug-likeness (QED) is 0.112. The van der Waals surface area contributed by atoms with Gasteiger partial charge in [-0.05, 0) is 155 Å². The first-order valence-electron chi connectivity index (χ1n) is 26.0. The fraction of sp³-hybridized carbons (Fsp3) is 0.0857. The van der Waals surface area contributed by atoms with Gasteiger partial charge in [0.05, 0.1) is 44.3 Å². The first-order chi connectivity index (χ1) is 36.3. The van der Waals surface area contributed by atoms with E-state index in [1.165, 1.54) is 132 Å². The molecule has 0 aliphatic carbocycles. The van der Waals surface area contributed by atoms with Crippen molar-refractivity contribution in [3.63, 3.8) is 0 Å². The Hall–Kier alpha value is -9.12. The molecule has 2 aromatic heterocycles. The second-order valence-corrected chi connectivity index (χ2v) is 21.7. The molecule has 2 spiro atoms. The van der Waals surface area contributed by atoms with E-state index in [2.05, 4.69) is 231 Å². The highest BCUT2D eigenvalue weighted by molar-refractivity contribution is 6.41. The SMILES string of the molecule is Cc1cc(C)c2c(c1)c1cc3cc4c5c6c(cc7cc8c(c1c7c36)n2-c1ccccc1C81c2ccccc2Oc2ccccc21)c1cc(C)cc(C)c1n5-c1ccccc1C41c2ccccc2Oc2ccccc21. The summed E-state index contributed by atoms with van der Waals surface area (Å²) in [6.07, 6.45) is 0. The summed E-state index contributed by atoms with van der Waals surface area (Å²) in [7, 11) is 0. The lowest BCUT2D eigenvalue weighted by molar-refractivity contribution is 0.433. The van der Waals surface area contributed by atoms with Gasteiger partial charge in [0.15, 0.2) is 0 Å². The van der Waals surface area contributed by atoms with Crippen LogP contribution in [0.15, 0.2) is 194 Å². The Bertz CT molecular complexity index is 4560. The lowest BCUT2D eigenvalue weighted by Gasteiger charge is -2.47. The Morgan fingerprint density at radius 3 is 1.01 bits per heavy atom. The third-order valence-electron chi connectivity index (χ3n) is 17.9. The molecular formula is C70H44N2O2. The molecule has 4 aliphatic rings. The summed E-state index contributed by atoms with van der Waals surface area (Å²) in [6.45, 7) is 9.14. The monoisotopic (exact) mass is 944 g/mol. The maximum atomic E-state index is 6.93. The number of hydrogen-bond donors (Lipinski definition) is 0. The van der Waals surface area contributed by atoms with Gasteiger partial charge in [-0.3, -0.25) is 0 Å². The van der Waals surface area contributed by atoms with E-state index in [0.717, 1.165) is 45.3 Å². The van der Waals surface area contributed by atoms with E-state index in [9.17, 15) is 0 Å². The van der Waals surface area contributed by atoms with E-state index >= 15 is 0 Å². The second kappa shape index (κ2) is 13.1. The minimum absolute atomic E-state index is 0.704. The highest BCUT2D eigenvalue weighted by Gasteiger charge is 2.53. The van der Waals surface area contributed by atoms with Gasteiger partial charge in [0.2, 0.25) is 0 Å². The highest BCUT2D eigenvalue weighted by atomic mass is 16.5. The van der Waals surface area contributed by atoms with E-state index < -0.39 is 10.8 Å². The molecule has 14 aromatic rings. The molecule has 0 atom stereocenters. The number of ether oxygens (including phenoxy) is 2. The number of benzene rings is 12. The van der Waals surface area contributed by atoms with Crippen LogP contribution in [0.4, 0.5) is 0 Å². The van der Waals surface area contributed by atoms with Crippen LogP contribution in [0, 0.1) is 27.7 Å². The first-order valence-corrected chi connectivity index (χ1v) is 26.0. The van der Waals surface area contributed by atoms with Crippen molar-refractivity contribution in [1.82, 2.24) is 9.13 Å². The molecule has 346 valence electrons. The van der Waals surface area contributed by atoms with Crippen molar-refractivity contribution in [3.05, 3.63) is 261 Å². The molecule has 0 saturated carbocycles. The number of aryl methyl sites for hydroxylation is 4. The van der Waals surface area contributed by atoms with E-state index in [1.54, 1.807) is 0 Å². The Kier molecular flexibility index (Phi) is 6.99. The zero-order chi connectivity index (χ0) is 48.7. The fourth-order valence-corrected chi connectivity index (χ4v) is 15.6. The van der Waals surface area contributed by atoms with E-state index in [1.807, 2.05) is 0 Å². The lowest BCUT2D eigenvalue weighted by atomic mass is 9.60. The van der Waals surface area contributed by atoms with Gasteiger partial charge in [-0.25, -0.2) is 0 Å². The maximum Gasteiger partial charge on any atom is 0.132 e. The number of para-hydroxylation sites is 6. The molecule has 0 radical (unpaired) electrons. The van der Waals surface area contributed by atoms with Crippen molar-refractivity contribution in [2.24, 2.45) is 0 Å².